The molecule has 0 saturated heterocycles. The maximum Gasteiger partial charge on any atom is 0.111 e. The van der Waals surface area contributed by atoms with Crippen molar-refractivity contribution in [2.24, 2.45) is 11.7 Å². The number of rotatable bonds is 4. The molecule has 0 spiro atoms. The summed E-state index contributed by atoms with van der Waals surface area (Å²) in [6.45, 7) is 5.01. The molecule has 1 aromatic heterocycles. The highest BCUT2D eigenvalue weighted by Gasteiger charge is 2.15. The van der Waals surface area contributed by atoms with Crippen LogP contribution in [-0.2, 0) is 0 Å². The zero-order valence-electron chi connectivity index (χ0n) is 10.2. The van der Waals surface area contributed by atoms with Crippen LogP contribution in [0.25, 0.3) is 11.0 Å². The first-order chi connectivity index (χ1) is 8.10. The Hall–Kier alpha value is -1.06. The highest BCUT2D eigenvalue weighted by Crippen LogP contribution is 2.24. The van der Waals surface area contributed by atoms with Crippen molar-refractivity contribution in [3.63, 3.8) is 0 Å². The van der Waals surface area contributed by atoms with Crippen LogP contribution in [0.15, 0.2) is 18.2 Å². The third-order valence-corrected chi connectivity index (χ3v) is 3.12. The molecule has 17 heavy (non-hydrogen) atoms. The summed E-state index contributed by atoms with van der Waals surface area (Å²) in [4.78, 5) is 7.90. The third-order valence-electron chi connectivity index (χ3n) is 2.89. The first-order valence-corrected chi connectivity index (χ1v) is 6.33. The second-order valence-electron chi connectivity index (χ2n) is 4.85. The van der Waals surface area contributed by atoms with E-state index >= 15 is 0 Å². The summed E-state index contributed by atoms with van der Waals surface area (Å²) in [6, 6.07) is 5.69. The van der Waals surface area contributed by atoms with E-state index in [2.05, 4.69) is 23.8 Å². The number of nitrogens with two attached hydrogens (primary N) is 1. The second kappa shape index (κ2) is 5.07. The minimum Gasteiger partial charge on any atom is -0.342 e. The number of fused-ring (bicyclic) bond motifs is 1. The maximum atomic E-state index is 5.95. The monoisotopic (exact) mass is 251 g/mol. The lowest BCUT2D eigenvalue weighted by Crippen LogP contribution is -2.15. The molecule has 0 fully saturated rings. The average Bonchev–Trinajstić information content (AvgIpc) is 2.68. The number of hydrogen-bond acceptors (Lipinski definition) is 2. The summed E-state index contributed by atoms with van der Waals surface area (Å²) in [5, 5.41) is 0.723. The van der Waals surface area contributed by atoms with E-state index in [1.54, 1.807) is 0 Å². The molecule has 92 valence electrons. The van der Waals surface area contributed by atoms with E-state index in [0.717, 1.165) is 28.3 Å². The normalized spacial score (nSPS) is 13.5. The number of nitrogens with zero attached hydrogens (tertiary/aromatic N) is 1. The van der Waals surface area contributed by atoms with Gasteiger partial charge in [-0.1, -0.05) is 25.4 Å². The van der Waals surface area contributed by atoms with Gasteiger partial charge in [-0.3, -0.25) is 0 Å². The lowest BCUT2D eigenvalue weighted by molar-refractivity contribution is 0.491. The van der Waals surface area contributed by atoms with E-state index in [1.165, 1.54) is 0 Å². The molecule has 1 unspecified atom stereocenters. The van der Waals surface area contributed by atoms with E-state index in [9.17, 15) is 0 Å². The zero-order chi connectivity index (χ0) is 12.4. The highest BCUT2D eigenvalue weighted by molar-refractivity contribution is 6.31. The SMILES string of the molecule is CC(C)CC(CN)c1nc2ccc(Cl)cc2[nH]1. The Morgan fingerprint density at radius 1 is 1.41 bits per heavy atom. The van der Waals surface area contributed by atoms with Gasteiger partial charge in [0.05, 0.1) is 11.0 Å². The standard InChI is InChI=1S/C13H18ClN3/c1-8(2)5-9(7-15)13-16-11-4-3-10(14)6-12(11)17-13/h3-4,6,8-9H,5,7,15H2,1-2H3,(H,16,17). The number of imidazole rings is 1. The minimum absolute atomic E-state index is 0.293. The molecular weight excluding hydrogens is 234 g/mol. The lowest BCUT2D eigenvalue weighted by atomic mass is 9.97. The second-order valence-corrected chi connectivity index (χ2v) is 5.28. The van der Waals surface area contributed by atoms with Crippen molar-refractivity contribution < 1.29 is 0 Å². The molecule has 0 aliphatic rings. The lowest BCUT2D eigenvalue weighted by Gasteiger charge is -2.14. The van der Waals surface area contributed by atoms with Gasteiger partial charge in [0.2, 0.25) is 0 Å². The maximum absolute atomic E-state index is 5.95. The summed E-state index contributed by atoms with van der Waals surface area (Å²) in [5.74, 6) is 1.87. The van der Waals surface area contributed by atoms with Gasteiger partial charge in [-0.05, 0) is 30.5 Å². The van der Waals surface area contributed by atoms with Crippen LogP contribution in [0.2, 0.25) is 5.02 Å². The number of aromatic nitrogens is 2. The van der Waals surface area contributed by atoms with Crippen molar-refractivity contribution >= 4 is 22.6 Å². The Kier molecular flexibility index (Phi) is 3.69. The average molecular weight is 252 g/mol. The fourth-order valence-corrected chi connectivity index (χ4v) is 2.26. The number of hydrogen-bond donors (Lipinski definition) is 2. The first-order valence-electron chi connectivity index (χ1n) is 5.95. The van der Waals surface area contributed by atoms with Crippen LogP contribution in [0.1, 0.15) is 32.0 Å². The van der Waals surface area contributed by atoms with Crippen molar-refractivity contribution in [2.45, 2.75) is 26.2 Å². The first kappa shape index (κ1) is 12.4. The van der Waals surface area contributed by atoms with Gasteiger partial charge < -0.3 is 10.7 Å². The van der Waals surface area contributed by atoms with Crippen LogP contribution in [0.3, 0.4) is 0 Å². The predicted molar refractivity (Wildman–Crippen MR) is 72.4 cm³/mol. The Bertz CT molecular complexity index is 504. The predicted octanol–water partition coefficient (Wildman–Crippen LogP) is 3.30. The molecule has 1 aromatic carbocycles. The third kappa shape index (κ3) is 2.79. The summed E-state index contributed by atoms with van der Waals surface area (Å²) in [5.41, 5.74) is 7.75. The van der Waals surface area contributed by atoms with Gasteiger partial charge in [-0.25, -0.2) is 4.98 Å². The van der Waals surface area contributed by atoms with Crippen LogP contribution in [0.4, 0.5) is 0 Å². The van der Waals surface area contributed by atoms with Gasteiger partial charge in [-0.2, -0.15) is 0 Å². The Balaban J connectivity index is 2.34. The van der Waals surface area contributed by atoms with Crippen LogP contribution in [0, 0.1) is 5.92 Å². The van der Waals surface area contributed by atoms with Crippen LogP contribution < -0.4 is 5.73 Å². The van der Waals surface area contributed by atoms with E-state index in [-0.39, 0.29) is 0 Å². The Morgan fingerprint density at radius 2 is 2.18 bits per heavy atom. The number of nitrogens with one attached hydrogen (secondary N) is 1. The van der Waals surface area contributed by atoms with Gasteiger partial charge in [-0.15, -0.1) is 0 Å². The Morgan fingerprint density at radius 3 is 2.82 bits per heavy atom. The van der Waals surface area contributed by atoms with Crippen molar-refractivity contribution in [2.75, 3.05) is 6.54 Å². The van der Waals surface area contributed by atoms with Crippen molar-refractivity contribution in [1.82, 2.24) is 9.97 Å². The molecular formula is C13H18ClN3. The smallest absolute Gasteiger partial charge is 0.111 e. The quantitative estimate of drug-likeness (QED) is 0.876. The summed E-state index contributed by atoms with van der Waals surface area (Å²) >= 11 is 5.95. The fraction of sp³-hybridized carbons (Fsp3) is 0.462. The molecule has 0 aliphatic heterocycles. The van der Waals surface area contributed by atoms with Crippen molar-refractivity contribution in [3.8, 4) is 0 Å². The number of H-pyrrole nitrogens is 1. The molecule has 3 nitrogen and oxygen atoms in total. The van der Waals surface area contributed by atoms with E-state index in [1.807, 2.05) is 18.2 Å². The van der Waals surface area contributed by atoms with Crippen molar-refractivity contribution in [1.29, 1.82) is 0 Å². The van der Waals surface area contributed by atoms with Gasteiger partial charge >= 0.3 is 0 Å². The van der Waals surface area contributed by atoms with Gasteiger partial charge in [0.1, 0.15) is 5.82 Å². The minimum atomic E-state index is 0.293. The summed E-state index contributed by atoms with van der Waals surface area (Å²) < 4.78 is 0. The zero-order valence-corrected chi connectivity index (χ0v) is 11.0. The molecule has 1 atom stereocenters. The topological polar surface area (TPSA) is 54.7 Å². The molecule has 0 saturated carbocycles. The molecule has 0 bridgehead atoms. The van der Waals surface area contributed by atoms with Crippen molar-refractivity contribution in [3.05, 3.63) is 29.0 Å². The highest BCUT2D eigenvalue weighted by atomic mass is 35.5. The fourth-order valence-electron chi connectivity index (χ4n) is 2.08. The number of halogens is 1. The van der Waals surface area contributed by atoms with Crippen LogP contribution in [0.5, 0.6) is 0 Å². The molecule has 2 aromatic rings. The molecule has 3 N–H and O–H groups in total. The summed E-state index contributed by atoms with van der Waals surface area (Å²) in [7, 11) is 0. The van der Waals surface area contributed by atoms with E-state index < -0.39 is 0 Å². The molecule has 4 heteroatoms. The van der Waals surface area contributed by atoms with Crippen LogP contribution >= 0.6 is 11.6 Å². The van der Waals surface area contributed by atoms with Crippen LogP contribution in [-0.4, -0.2) is 16.5 Å². The largest absolute Gasteiger partial charge is 0.342 e. The number of aromatic amines is 1. The molecule has 2 rings (SSSR count). The van der Waals surface area contributed by atoms with E-state index in [4.69, 9.17) is 17.3 Å². The van der Waals surface area contributed by atoms with Gasteiger partial charge in [0, 0.05) is 17.5 Å². The van der Waals surface area contributed by atoms with Gasteiger partial charge in [0.15, 0.2) is 0 Å². The van der Waals surface area contributed by atoms with Gasteiger partial charge in [0.25, 0.3) is 0 Å². The molecule has 0 amide bonds. The molecule has 0 radical (unpaired) electrons. The molecule has 1 heterocycles. The Labute approximate surface area is 106 Å². The molecule has 0 aliphatic carbocycles. The summed E-state index contributed by atoms with van der Waals surface area (Å²) in [6.07, 6.45) is 1.05. The van der Waals surface area contributed by atoms with E-state index in [0.29, 0.717) is 18.4 Å². The number of benzene rings is 1.